The highest BCUT2D eigenvalue weighted by Crippen LogP contribution is 2.14. The van der Waals surface area contributed by atoms with E-state index < -0.39 is 12.1 Å². The molecule has 0 amide bonds. The van der Waals surface area contributed by atoms with Gasteiger partial charge < -0.3 is 14.2 Å². The topological polar surface area (TPSA) is 61.8 Å². The van der Waals surface area contributed by atoms with Crippen LogP contribution in [0.1, 0.15) is 43.7 Å². The number of benzene rings is 2. The molecule has 0 spiro atoms. The highest BCUT2D eigenvalue weighted by Gasteiger charge is 2.15. The van der Waals surface area contributed by atoms with Crippen LogP contribution >= 0.6 is 0 Å². The van der Waals surface area contributed by atoms with Crippen molar-refractivity contribution in [2.45, 2.75) is 52.6 Å². The number of hydrogen-bond donors (Lipinski definition) is 0. The molecule has 1 atom stereocenters. The fourth-order valence-electron chi connectivity index (χ4n) is 2.47. The molecule has 0 fully saturated rings. The third-order valence-electron chi connectivity index (χ3n) is 4.22. The lowest BCUT2D eigenvalue weighted by Gasteiger charge is -2.12. The monoisotopic (exact) mass is 384 g/mol. The predicted molar refractivity (Wildman–Crippen MR) is 108 cm³/mol. The highest BCUT2D eigenvalue weighted by molar-refractivity contribution is 5.76. The predicted octanol–water partition coefficient (Wildman–Crippen LogP) is 4.78. The highest BCUT2D eigenvalue weighted by atomic mass is 16.6. The molecule has 0 aliphatic rings. The van der Waals surface area contributed by atoms with Crippen molar-refractivity contribution in [3.05, 3.63) is 59.7 Å². The molecule has 2 rings (SSSR count). The maximum absolute atomic E-state index is 12.0. The Hall–Kier alpha value is -2.66. The summed E-state index contributed by atoms with van der Waals surface area (Å²) in [6, 6.07) is 14.7. The first-order chi connectivity index (χ1) is 13.4. The minimum absolute atomic E-state index is 0.236. The SMILES string of the molecule is Cc1ccc(OC(=O)CCCCCOC(C)C(=O)Oc2ccc(C)cc2)cc1. The maximum Gasteiger partial charge on any atom is 0.340 e. The Labute approximate surface area is 166 Å². The molecule has 5 heteroatoms. The molecule has 0 heterocycles. The molecule has 2 aromatic carbocycles. The molecule has 2 aromatic rings. The van der Waals surface area contributed by atoms with Crippen LogP contribution in [0.3, 0.4) is 0 Å². The second-order valence-corrected chi connectivity index (χ2v) is 6.84. The lowest BCUT2D eigenvalue weighted by molar-refractivity contribution is -0.146. The van der Waals surface area contributed by atoms with E-state index in [-0.39, 0.29) is 5.97 Å². The number of ether oxygens (including phenoxy) is 3. The summed E-state index contributed by atoms with van der Waals surface area (Å²) in [5.74, 6) is 0.434. The van der Waals surface area contributed by atoms with Gasteiger partial charge in [0.05, 0.1) is 0 Å². The van der Waals surface area contributed by atoms with Crippen molar-refractivity contribution in [2.24, 2.45) is 0 Å². The molecule has 1 unspecified atom stereocenters. The molecule has 0 aliphatic heterocycles. The summed E-state index contributed by atoms with van der Waals surface area (Å²) in [6.07, 6.45) is 2.03. The van der Waals surface area contributed by atoms with Crippen LogP contribution in [0.15, 0.2) is 48.5 Å². The molecule has 28 heavy (non-hydrogen) atoms. The van der Waals surface area contributed by atoms with Crippen LogP contribution in [0, 0.1) is 13.8 Å². The van der Waals surface area contributed by atoms with Gasteiger partial charge in [0.15, 0.2) is 6.10 Å². The van der Waals surface area contributed by atoms with Crippen molar-refractivity contribution in [1.82, 2.24) is 0 Å². The Morgan fingerprint density at radius 3 is 1.89 bits per heavy atom. The second-order valence-electron chi connectivity index (χ2n) is 6.84. The molecular formula is C23H28O5. The van der Waals surface area contributed by atoms with E-state index >= 15 is 0 Å². The van der Waals surface area contributed by atoms with Crippen LogP contribution in [0.25, 0.3) is 0 Å². The van der Waals surface area contributed by atoms with E-state index in [1.54, 1.807) is 31.2 Å². The molecule has 0 aliphatic carbocycles. The Morgan fingerprint density at radius 2 is 1.32 bits per heavy atom. The zero-order valence-electron chi connectivity index (χ0n) is 16.8. The van der Waals surface area contributed by atoms with E-state index in [2.05, 4.69) is 0 Å². The van der Waals surface area contributed by atoms with E-state index in [4.69, 9.17) is 14.2 Å². The van der Waals surface area contributed by atoms with E-state index in [0.717, 1.165) is 30.4 Å². The van der Waals surface area contributed by atoms with Gasteiger partial charge in [0.2, 0.25) is 0 Å². The van der Waals surface area contributed by atoms with Crippen molar-refractivity contribution in [3.63, 3.8) is 0 Å². The molecule has 0 bridgehead atoms. The van der Waals surface area contributed by atoms with Crippen molar-refractivity contribution < 1.29 is 23.8 Å². The van der Waals surface area contributed by atoms with E-state index in [9.17, 15) is 9.59 Å². The zero-order chi connectivity index (χ0) is 20.4. The first-order valence-corrected chi connectivity index (χ1v) is 9.61. The van der Waals surface area contributed by atoms with Gasteiger partial charge in [-0.05, 0) is 57.9 Å². The third kappa shape index (κ3) is 7.92. The van der Waals surface area contributed by atoms with Gasteiger partial charge >= 0.3 is 11.9 Å². The summed E-state index contributed by atoms with van der Waals surface area (Å²) >= 11 is 0. The summed E-state index contributed by atoms with van der Waals surface area (Å²) in [5, 5.41) is 0. The van der Waals surface area contributed by atoms with Gasteiger partial charge in [-0.3, -0.25) is 4.79 Å². The molecule has 5 nitrogen and oxygen atoms in total. The Kier molecular flexibility index (Phi) is 8.69. The minimum Gasteiger partial charge on any atom is -0.427 e. The number of esters is 2. The summed E-state index contributed by atoms with van der Waals surface area (Å²) in [4.78, 5) is 23.8. The lowest BCUT2D eigenvalue weighted by Crippen LogP contribution is -2.26. The van der Waals surface area contributed by atoms with Crippen LogP contribution in [0.2, 0.25) is 0 Å². The van der Waals surface area contributed by atoms with E-state index in [1.807, 2.05) is 38.1 Å². The van der Waals surface area contributed by atoms with Crippen LogP contribution in [-0.2, 0) is 14.3 Å². The maximum atomic E-state index is 12.0. The van der Waals surface area contributed by atoms with Gasteiger partial charge in [0.25, 0.3) is 0 Å². The van der Waals surface area contributed by atoms with Gasteiger partial charge in [-0.1, -0.05) is 41.8 Å². The van der Waals surface area contributed by atoms with Gasteiger partial charge in [-0.15, -0.1) is 0 Å². The summed E-state index contributed by atoms with van der Waals surface area (Å²) in [6.45, 7) is 6.07. The van der Waals surface area contributed by atoms with E-state index in [1.165, 1.54) is 0 Å². The fourth-order valence-corrected chi connectivity index (χ4v) is 2.47. The van der Waals surface area contributed by atoms with Crippen molar-refractivity contribution in [1.29, 1.82) is 0 Å². The Balaban J connectivity index is 1.55. The normalized spacial score (nSPS) is 11.7. The minimum atomic E-state index is -0.632. The average Bonchev–Trinajstić information content (AvgIpc) is 2.68. The molecular weight excluding hydrogens is 356 g/mol. The molecule has 0 radical (unpaired) electrons. The number of carbonyl (C=O) groups is 2. The smallest absolute Gasteiger partial charge is 0.340 e. The summed E-state index contributed by atoms with van der Waals surface area (Å²) in [5.41, 5.74) is 2.23. The largest absolute Gasteiger partial charge is 0.427 e. The lowest BCUT2D eigenvalue weighted by atomic mass is 10.2. The Morgan fingerprint density at radius 1 is 0.786 bits per heavy atom. The number of carbonyl (C=O) groups excluding carboxylic acids is 2. The standard InChI is InChI=1S/C23H28O5/c1-17-8-12-20(13-9-17)27-22(24)7-5-4-6-16-26-19(3)23(25)28-21-14-10-18(2)11-15-21/h8-15,19H,4-7,16H2,1-3H3. The molecule has 0 N–H and O–H groups in total. The zero-order valence-corrected chi connectivity index (χ0v) is 16.8. The van der Waals surface area contributed by atoms with Gasteiger partial charge in [-0.2, -0.15) is 0 Å². The fraction of sp³-hybridized carbons (Fsp3) is 0.391. The molecule has 0 aromatic heterocycles. The second kappa shape index (κ2) is 11.2. The molecule has 150 valence electrons. The van der Waals surface area contributed by atoms with Crippen LogP contribution in [-0.4, -0.2) is 24.6 Å². The summed E-state index contributed by atoms with van der Waals surface area (Å²) < 4.78 is 16.1. The molecule has 0 saturated carbocycles. The molecule has 0 saturated heterocycles. The number of aryl methyl sites for hydroxylation is 2. The van der Waals surface area contributed by atoms with Gasteiger partial charge in [0, 0.05) is 13.0 Å². The Bertz CT molecular complexity index is 750. The van der Waals surface area contributed by atoms with Crippen LogP contribution in [0.5, 0.6) is 11.5 Å². The quantitative estimate of drug-likeness (QED) is 0.335. The van der Waals surface area contributed by atoms with E-state index in [0.29, 0.717) is 24.5 Å². The summed E-state index contributed by atoms with van der Waals surface area (Å²) in [7, 11) is 0. The van der Waals surface area contributed by atoms with Crippen molar-refractivity contribution in [2.75, 3.05) is 6.61 Å². The average molecular weight is 384 g/mol. The first kappa shape index (κ1) is 21.6. The number of unbranched alkanes of at least 4 members (excludes halogenated alkanes) is 2. The van der Waals surface area contributed by atoms with Crippen molar-refractivity contribution >= 4 is 11.9 Å². The number of hydrogen-bond acceptors (Lipinski definition) is 5. The van der Waals surface area contributed by atoms with Crippen LogP contribution < -0.4 is 9.47 Å². The number of rotatable bonds is 10. The third-order valence-corrected chi connectivity index (χ3v) is 4.22. The van der Waals surface area contributed by atoms with Crippen molar-refractivity contribution in [3.8, 4) is 11.5 Å². The van der Waals surface area contributed by atoms with Gasteiger partial charge in [-0.25, -0.2) is 4.79 Å². The van der Waals surface area contributed by atoms with Crippen LogP contribution in [0.4, 0.5) is 0 Å². The van der Waals surface area contributed by atoms with Gasteiger partial charge in [0.1, 0.15) is 11.5 Å². The first-order valence-electron chi connectivity index (χ1n) is 9.61.